The molecule has 0 spiro atoms. The van der Waals surface area contributed by atoms with Crippen molar-refractivity contribution >= 4 is 5.97 Å². The number of rotatable bonds is 54. The number of carbonyl (C=O) groups excluding carboxylic acids is 1. The fraction of sp³-hybridized carbons (Fsp3) is 0.881. The van der Waals surface area contributed by atoms with Gasteiger partial charge in [-0.15, -0.1) is 0 Å². The lowest BCUT2D eigenvalue weighted by atomic mass is 10.0. The van der Waals surface area contributed by atoms with Gasteiger partial charge in [0.05, 0.1) is 13.2 Å². The summed E-state index contributed by atoms with van der Waals surface area (Å²) in [4.78, 5) is 12.3. The van der Waals surface area contributed by atoms with E-state index in [1.807, 2.05) is 0 Å². The summed E-state index contributed by atoms with van der Waals surface area (Å²) in [5.74, 6) is -0.194. The predicted molar refractivity (Wildman–Crippen MR) is 279 cm³/mol. The zero-order chi connectivity index (χ0) is 45.5. The molecule has 0 aliphatic carbocycles. The number of ether oxygens (including phenoxy) is 2. The van der Waals surface area contributed by atoms with E-state index in [9.17, 15) is 9.90 Å². The zero-order valence-electron chi connectivity index (χ0n) is 42.9. The molecule has 0 aromatic carbocycles. The van der Waals surface area contributed by atoms with Crippen LogP contribution in [0.15, 0.2) is 36.5 Å². The van der Waals surface area contributed by atoms with Crippen molar-refractivity contribution in [3.05, 3.63) is 36.5 Å². The van der Waals surface area contributed by atoms with E-state index in [0.717, 1.165) is 32.1 Å². The van der Waals surface area contributed by atoms with Crippen molar-refractivity contribution in [1.82, 2.24) is 0 Å². The molecule has 0 aliphatic rings. The van der Waals surface area contributed by atoms with Crippen LogP contribution in [-0.4, -0.2) is 37.0 Å². The summed E-state index contributed by atoms with van der Waals surface area (Å²) >= 11 is 0. The van der Waals surface area contributed by atoms with Crippen LogP contribution in [0.4, 0.5) is 0 Å². The molecule has 63 heavy (non-hydrogen) atoms. The first-order chi connectivity index (χ1) is 31.2. The topological polar surface area (TPSA) is 55.8 Å². The molecule has 1 atom stereocenters. The van der Waals surface area contributed by atoms with Gasteiger partial charge >= 0.3 is 5.97 Å². The molecular formula is C59H112O4. The Kier molecular flexibility index (Phi) is 55.5. The van der Waals surface area contributed by atoms with Crippen LogP contribution < -0.4 is 0 Å². The molecule has 0 bridgehead atoms. The molecule has 0 aromatic rings. The second-order valence-electron chi connectivity index (χ2n) is 19.4. The summed E-state index contributed by atoms with van der Waals surface area (Å²) in [5.41, 5.74) is 0. The molecule has 0 fully saturated rings. The first-order valence-corrected chi connectivity index (χ1v) is 28.6. The van der Waals surface area contributed by atoms with E-state index >= 15 is 0 Å². The molecule has 4 heteroatoms. The lowest BCUT2D eigenvalue weighted by Gasteiger charge is -2.16. The first-order valence-electron chi connectivity index (χ1n) is 28.6. The second-order valence-corrected chi connectivity index (χ2v) is 19.4. The Hall–Kier alpha value is -1.39. The maximum Gasteiger partial charge on any atom is 0.306 e. The van der Waals surface area contributed by atoms with E-state index in [0.29, 0.717) is 19.6 Å². The number of hydrogen-bond acceptors (Lipinski definition) is 4. The number of aliphatic hydroxyl groups is 1. The predicted octanol–water partition coefficient (Wildman–Crippen LogP) is 19.6. The maximum atomic E-state index is 12.3. The minimum Gasteiger partial charge on any atom is -0.457 e. The van der Waals surface area contributed by atoms with Gasteiger partial charge in [-0.25, -0.2) is 0 Å². The molecule has 0 saturated carbocycles. The monoisotopic (exact) mass is 885 g/mol. The van der Waals surface area contributed by atoms with Gasteiger partial charge in [-0.2, -0.15) is 0 Å². The van der Waals surface area contributed by atoms with Crippen LogP contribution in [0.3, 0.4) is 0 Å². The summed E-state index contributed by atoms with van der Waals surface area (Å²) in [6.45, 7) is 5.38. The van der Waals surface area contributed by atoms with Crippen LogP contribution >= 0.6 is 0 Å². The third kappa shape index (κ3) is 54.9. The van der Waals surface area contributed by atoms with Crippen molar-refractivity contribution in [2.45, 2.75) is 315 Å². The van der Waals surface area contributed by atoms with E-state index in [4.69, 9.17) is 9.47 Å². The Labute approximate surface area is 395 Å². The fourth-order valence-electron chi connectivity index (χ4n) is 8.69. The van der Waals surface area contributed by atoms with E-state index in [-0.39, 0.29) is 12.6 Å². The average Bonchev–Trinajstić information content (AvgIpc) is 3.29. The molecule has 0 aromatic heterocycles. The molecule has 1 unspecified atom stereocenters. The van der Waals surface area contributed by atoms with Crippen molar-refractivity contribution in [2.75, 3.05) is 19.8 Å². The number of aliphatic hydroxyl groups excluding tert-OH is 1. The van der Waals surface area contributed by atoms with Gasteiger partial charge in [0, 0.05) is 13.0 Å². The molecule has 0 saturated heterocycles. The number of unbranched alkanes of at least 4 members (excludes halogenated alkanes) is 40. The standard InChI is InChI=1S/C59H112O4/c1-3-5-7-9-11-13-15-17-19-21-23-25-27-29-31-33-35-37-39-41-43-45-47-49-51-53-55-62-57-58(56-60)63-59(61)54-52-50-48-46-44-42-40-38-36-34-32-30-28-26-24-22-20-18-16-14-12-10-8-6-4-2/h15,17,21,23,27,29,58,60H,3-14,16,18-20,22,24-26,28,30-57H2,1-2H3/b17-15-,23-21-,29-27-. The van der Waals surface area contributed by atoms with Crippen molar-refractivity contribution in [1.29, 1.82) is 0 Å². The Balaban J connectivity index is 3.37. The van der Waals surface area contributed by atoms with Gasteiger partial charge in [0.2, 0.25) is 0 Å². The first kappa shape index (κ1) is 61.6. The lowest BCUT2D eigenvalue weighted by molar-refractivity contribution is -0.154. The lowest BCUT2D eigenvalue weighted by Crippen LogP contribution is -2.27. The highest BCUT2D eigenvalue weighted by atomic mass is 16.6. The third-order valence-electron chi connectivity index (χ3n) is 13.0. The average molecular weight is 886 g/mol. The van der Waals surface area contributed by atoms with Crippen LogP contribution in [0.2, 0.25) is 0 Å². The Morgan fingerprint density at radius 3 is 1.00 bits per heavy atom. The molecule has 1 N–H and O–H groups in total. The van der Waals surface area contributed by atoms with Gasteiger partial charge in [0.15, 0.2) is 0 Å². The Bertz CT molecular complexity index is 940. The highest BCUT2D eigenvalue weighted by molar-refractivity contribution is 5.69. The molecule has 0 amide bonds. The molecule has 0 rings (SSSR count). The second kappa shape index (κ2) is 56.7. The summed E-state index contributed by atoms with van der Waals surface area (Å²) in [6.07, 6.45) is 74.1. The number of esters is 1. The van der Waals surface area contributed by atoms with Crippen LogP contribution in [0.5, 0.6) is 0 Å². The van der Waals surface area contributed by atoms with Gasteiger partial charge in [-0.05, 0) is 51.4 Å². The molecule has 372 valence electrons. The number of hydrogen-bond donors (Lipinski definition) is 1. The van der Waals surface area contributed by atoms with Gasteiger partial charge < -0.3 is 14.6 Å². The van der Waals surface area contributed by atoms with Crippen molar-refractivity contribution < 1.29 is 19.4 Å². The van der Waals surface area contributed by atoms with Gasteiger partial charge in [-0.1, -0.05) is 288 Å². The van der Waals surface area contributed by atoms with Crippen LogP contribution in [-0.2, 0) is 14.3 Å². The summed E-state index contributed by atoms with van der Waals surface area (Å²) in [5, 5.41) is 9.68. The minimum absolute atomic E-state index is 0.169. The normalized spacial score (nSPS) is 12.5. The van der Waals surface area contributed by atoms with Gasteiger partial charge in [0.25, 0.3) is 0 Å². The Morgan fingerprint density at radius 2 is 0.667 bits per heavy atom. The fourth-order valence-corrected chi connectivity index (χ4v) is 8.69. The van der Waals surface area contributed by atoms with E-state index in [1.165, 1.54) is 257 Å². The molecular weight excluding hydrogens is 773 g/mol. The van der Waals surface area contributed by atoms with Gasteiger partial charge in [0.1, 0.15) is 6.10 Å². The molecule has 4 nitrogen and oxygen atoms in total. The largest absolute Gasteiger partial charge is 0.457 e. The minimum atomic E-state index is -0.535. The molecule has 0 radical (unpaired) electrons. The van der Waals surface area contributed by atoms with Gasteiger partial charge in [-0.3, -0.25) is 4.79 Å². The van der Waals surface area contributed by atoms with Crippen LogP contribution in [0.1, 0.15) is 309 Å². The van der Waals surface area contributed by atoms with E-state index in [2.05, 4.69) is 50.3 Å². The number of carbonyl (C=O) groups is 1. The quantitative estimate of drug-likeness (QED) is 0.0376. The third-order valence-corrected chi connectivity index (χ3v) is 13.0. The molecule has 0 aliphatic heterocycles. The number of allylic oxidation sites excluding steroid dienone is 6. The van der Waals surface area contributed by atoms with Crippen LogP contribution in [0.25, 0.3) is 0 Å². The highest BCUT2D eigenvalue weighted by Gasteiger charge is 2.13. The molecule has 0 heterocycles. The van der Waals surface area contributed by atoms with Crippen molar-refractivity contribution in [3.8, 4) is 0 Å². The van der Waals surface area contributed by atoms with E-state index in [1.54, 1.807) is 0 Å². The smallest absolute Gasteiger partial charge is 0.306 e. The van der Waals surface area contributed by atoms with E-state index < -0.39 is 6.10 Å². The summed E-state index contributed by atoms with van der Waals surface area (Å²) in [7, 11) is 0. The van der Waals surface area contributed by atoms with Crippen LogP contribution in [0, 0.1) is 0 Å². The Morgan fingerprint density at radius 1 is 0.381 bits per heavy atom. The summed E-state index contributed by atoms with van der Waals surface area (Å²) in [6, 6.07) is 0. The summed E-state index contributed by atoms with van der Waals surface area (Å²) < 4.78 is 11.2. The maximum absolute atomic E-state index is 12.3. The van der Waals surface area contributed by atoms with Crippen molar-refractivity contribution in [2.24, 2.45) is 0 Å². The zero-order valence-corrected chi connectivity index (χ0v) is 42.9. The van der Waals surface area contributed by atoms with Crippen molar-refractivity contribution in [3.63, 3.8) is 0 Å². The SMILES string of the molecule is CCCCCCC/C=C\C/C=C\C/C=C\CCCCCCCCCCCCCOCC(CO)OC(=O)CCCCCCCCCCCCCCCCCCCCCCCCCCC. The highest BCUT2D eigenvalue weighted by Crippen LogP contribution is 2.17.